The Morgan fingerprint density at radius 1 is 0.448 bits per heavy atom. The number of hydrogen-bond acceptors (Lipinski definition) is 4. The average molecular weight is 935 g/mol. The van der Waals surface area contributed by atoms with E-state index in [2.05, 4.69) is 57.2 Å². The lowest BCUT2D eigenvalue weighted by Crippen LogP contribution is -2.25. The lowest BCUT2D eigenvalue weighted by atomic mass is 9.70. The smallest absolute Gasteiger partial charge is 0.170 e. The predicted octanol–water partition coefficient (Wildman–Crippen LogP) is 19.0. The van der Waals surface area contributed by atoms with Crippen LogP contribution in [-0.4, -0.2) is 9.97 Å². The highest BCUT2D eigenvalue weighted by atomic mass is 32.1. The molecule has 0 saturated carbocycles. The molecule has 0 saturated heterocycles. The van der Waals surface area contributed by atoms with Crippen LogP contribution < -0.4 is 0 Å². The Kier molecular flexibility index (Phi) is 14.2. The molecule has 2 nitrogen and oxygen atoms in total. The predicted molar refractivity (Wildman–Crippen MR) is 274 cm³/mol. The summed E-state index contributed by atoms with van der Waals surface area (Å²) >= 11 is 2.76. The second-order valence-corrected chi connectivity index (χ2v) is 20.9. The molecular weight excluding hydrogens is 877 g/mol. The fraction of sp³-hybridized carbons (Fsp3) is 0.322. The molecule has 67 heavy (non-hydrogen) atoms. The van der Waals surface area contributed by atoms with E-state index in [4.69, 9.17) is 9.97 Å². The molecule has 1 aliphatic rings. The van der Waals surface area contributed by atoms with Gasteiger partial charge in [-0.15, -0.1) is 22.7 Å². The monoisotopic (exact) mass is 934 g/mol. The van der Waals surface area contributed by atoms with Crippen LogP contribution in [0.25, 0.3) is 76.0 Å². The quantitative estimate of drug-likeness (QED) is 0.0596. The molecule has 344 valence electrons. The summed E-state index contributed by atoms with van der Waals surface area (Å²) < 4.78 is 62.8. The van der Waals surface area contributed by atoms with Gasteiger partial charge in [0, 0.05) is 36.1 Å². The Morgan fingerprint density at radius 3 is 1.42 bits per heavy atom. The maximum Gasteiger partial charge on any atom is 0.170 e. The van der Waals surface area contributed by atoms with Crippen molar-refractivity contribution in [3.05, 3.63) is 154 Å². The van der Waals surface area contributed by atoms with Gasteiger partial charge >= 0.3 is 0 Å². The Hall–Kier alpha value is -5.44. The van der Waals surface area contributed by atoms with Crippen molar-refractivity contribution in [2.24, 2.45) is 0 Å². The van der Waals surface area contributed by atoms with E-state index in [9.17, 15) is 8.78 Å². The summed E-state index contributed by atoms with van der Waals surface area (Å²) in [5, 5.41) is 0. The first-order valence-electron chi connectivity index (χ1n) is 24.3. The highest BCUT2D eigenvalue weighted by Crippen LogP contribution is 2.56. The molecule has 8 heteroatoms. The summed E-state index contributed by atoms with van der Waals surface area (Å²) in [5.74, 6) is -2.87. The van der Waals surface area contributed by atoms with Gasteiger partial charge in [0.05, 0.1) is 22.5 Å². The summed E-state index contributed by atoms with van der Waals surface area (Å²) in [7, 11) is 0. The third-order valence-corrected chi connectivity index (χ3v) is 16.0. The van der Waals surface area contributed by atoms with Gasteiger partial charge in [-0.25, -0.2) is 27.5 Å². The van der Waals surface area contributed by atoms with Crippen LogP contribution in [0.5, 0.6) is 0 Å². The molecule has 0 bridgehead atoms. The summed E-state index contributed by atoms with van der Waals surface area (Å²) in [6, 6.07) is 33.1. The number of aromatic nitrogens is 2. The van der Waals surface area contributed by atoms with Crippen LogP contribution in [0.15, 0.2) is 109 Å². The van der Waals surface area contributed by atoms with Gasteiger partial charge in [-0.1, -0.05) is 127 Å². The van der Waals surface area contributed by atoms with E-state index in [0.29, 0.717) is 32.3 Å². The van der Waals surface area contributed by atoms with Crippen LogP contribution in [0.3, 0.4) is 0 Å². The number of fused-ring (bicyclic) bond motifs is 4. The second-order valence-electron chi connectivity index (χ2n) is 18.5. The highest BCUT2D eigenvalue weighted by molar-refractivity contribution is 7.19. The molecule has 5 aromatic carbocycles. The molecule has 0 N–H and O–H groups in total. The van der Waals surface area contributed by atoms with Gasteiger partial charge in [0.2, 0.25) is 0 Å². The van der Waals surface area contributed by atoms with E-state index >= 15 is 8.78 Å². The van der Waals surface area contributed by atoms with Crippen LogP contribution in [0.4, 0.5) is 17.6 Å². The van der Waals surface area contributed by atoms with Crippen molar-refractivity contribution in [1.29, 1.82) is 0 Å². The fourth-order valence-corrected chi connectivity index (χ4v) is 12.3. The molecule has 9 rings (SSSR count). The van der Waals surface area contributed by atoms with E-state index in [1.54, 1.807) is 30.3 Å². The lowest BCUT2D eigenvalue weighted by molar-refractivity contribution is 0.398. The van der Waals surface area contributed by atoms with Crippen LogP contribution in [-0.2, 0) is 5.41 Å². The summed E-state index contributed by atoms with van der Waals surface area (Å²) in [6.45, 7) is 8.66. The summed E-state index contributed by atoms with van der Waals surface area (Å²) in [4.78, 5) is 13.2. The van der Waals surface area contributed by atoms with E-state index in [0.717, 1.165) is 28.2 Å². The first-order valence-corrected chi connectivity index (χ1v) is 25.9. The van der Waals surface area contributed by atoms with Crippen molar-refractivity contribution in [3.63, 3.8) is 0 Å². The number of thiophene rings is 2. The number of unbranched alkanes of at least 4 members (excludes halogenated alkanes) is 10. The van der Waals surface area contributed by atoms with Crippen molar-refractivity contribution < 1.29 is 17.6 Å². The topological polar surface area (TPSA) is 25.8 Å². The van der Waals surface area contributed by atoms with E-state index in [-0.39, 0.29) is 27.6 Å². The van der Waals surface area contributed by atoms with Gasteiger partial charge in [0.15, 0.2) is 11.6 Å². The largest absolute Gasteiger partial charge is 0.243 e. The van der Waals surface area contributed by atoms with Gasteiger partial charge in [-0.3, -0.25) is 0 Å². The molecule has 0 aliphatic heterocycles. The Bertz CT molecular complexity index is 3000. The van der Waals surface area contributed by atoms with Crippen LogP contribution in [0, 0.1) is 37.1 Å². The number of rotatable bonds is 19. The van der Waals surface area contributed by atoms with Crippen molar-refractivity contribution in [2.45, 2.75) is 123 Å². The molecule has 0 fully saturated rings. The Morgan fingerprint density at radius 2 is 0.896 bits per heavy atom. The minimum Gasteiger partial charge on any atom is -0.243 e. The van der Waals surface area contributed by atoms with Crippen LogP contribution in [0.1, 0.15) is 125 Å². The SMILES string of the molecule is CCCCCCCCC1(CCCCCCCC)c2cc(C)ccc2-c2ccc(-c3ccc(-c4c(F)c(F)c(-c5ccc(C)s5)c5nc(-c6ccc(F)cc6)c(-c6ccc(F)cc6)nc45)s3)cc21. The maximum atomic E-state index is 17.2. The van der Waals surface area contributed by atoms with Crippen molar-refractivity contribution in [3.8, 4) is 65.0 Å². The molecule has 8 aromatic rings. The molecule has 3 heterocycles. The number of hydrogen-bond donors (Lipinski definition) is 0. The van der Waals surface area contributed by atoms with Gasteiger partial charge in [0.1, 0.15) is 22.7 Å². The zero-order valence-electron chi connectivity index (χ0n) is 39.0. The van der Waals surface area contributed by atoms with Crippen molar-refractivity contribution in [2.75, 3.05) is 0 Å². The number of halogens is 4. The van der Waals surface area contributed by atoms with Gasteiger partial charge in [-0.05, 0) is 133 Å². The normalized spacial score (nSPS) is 12.8. The average Bonchev–Trinajstić information content (AvgIpc) is 4.06. The third-order valence-electron chi connectivity index (χ3n) is 13.8. The van der Waals surface area contributed by atoms with Crippen molar-refractivity contribution >= 4 is 33.7 Å². The van der Waals surface area contributed by atoms with Gasteiger partial charge in [0.25, 0.3) is 0 Å². The second kappa shape index (κ2) is 20.4. The highest BCUT2D eigenvalue weighted by Gasteiger charge is 2.42. The zero-order valence-corrected chi connectivity index (χ0v) is 40.6. The molecule has 0 amide bonds. The standard InChI is InChI=1S/C59H58F4N2S2/c1-5-7-9-11-13-15-33-59(34-16-14-12-10-8-6-2)46-35-37(3)17-28-44(46)45-29-23-41(36-47(45)59)48-31-32-50(67-48)52-54(63)53(62)51(49-30-18-38(4)66-49)57-58(52)65-56(40-21-26-43(61)27-22-40)55(64-57)39-19-24-42(60)25-20-39/h17-32,35-36H,5-16,33-34H2,1-4H3. The van der Waals surface area contributed by atoms with Gasteiger partial charge in [-0.2, -0.15) is 0 Å². The van der Waals surface area contributed by atoms with E-state index in [1.165, 1.54) is 152 Å². The summed E-state index contributed by atoms with van der Waals surface area (Å²) in [6.07, 6.45) is 17.1. The lowest BCUT2D eigenvalue weighted by Gasteiger charge is -2.33. The van der Waals surface area contributed by atoms with Crippen LogP contribution >= 0.6 is 22.7 Å². The number of benzene rings is 5. The van der Waals surface area contributed by atoms with E-state index in [1.807, 2.05) is 25.1 Å². The first kappa shape index (κ1) is 46.7. The molecule has 3 aromatic heterocycles. The zero-order chi connectivity index (χ0) is 46.7. The summed E-state index contributed by atoms with van der Waals surface area (Å²) in [5.41, 5.74) is 9.85. The number of aryl methyl sites for hydroxylation is 2. The minimum absolute atomic E-state index is 0.0202. The number of nitrogens with zero attached hydrogens (tertiary/aromatic N) is 2. The van der Waals surface area contributed by atoms with Crippen LogP contribution in [0.2, 0.25) is 0 Å². The van der Waals surface area contributed by atoms with E-state index < -0.39 is 23.3 Å². The maximum absolute atomic E-state index is 17.2. The third kappa shape index (κ3) is 9.41. The molecule has 0 unspecified atom stereocenters. The minimum atomic E-state index is -1.01. The van der Waals surface area contributed by atoms with Gasteiger partial charge < -0.3 is 0 Å². The Labute approximate surface area is 401 Å². The molecule has 0 atom stereocenters. The fourth-order valence-electron chi connectivity index (χ4n) is 10.3. The first-order chi connectivity index (χ1) is 32.6. The molecule has 0 spiro atoms. The molecule has 1 aliphatic carbocycles. The molecule has 0 radical (unpaired) electrons. The molecular formula is C59H58F4N2S2. The Balaban J connectivity index is 1.18. The van der Waals surface area contributed by atoms with Crippen molar-refractivity contribution in [1.82, 2.24) is 9.97 Å².